The molecule has 0 N–H and O–H groups in total. The minimum Gasteiger partial charge on any atom is -0.381 e. The van der Waals surface area contributed by atoms with Gasteiger partial charge in [-0.25, -0.2) is 4.68 Å². The van der Waals surface area contributed by atoms with Crippen molar-refractivity contribution in [1.29, 1.82) is 0 Å². The quantitative estimate of drug-likeness (QED) is 0.829. The third-order valence-corrected chi connectivity index (χ3v) is 6.16. The molecule has 1 aliphatic carbocycles. The summed E-state index contributed by atoms with van der Waals surface area (Å²) in [6, 6.07) is 7.22. The molecule has 1 saturated carbocycles. The van der Waals surface area contributed by atoms with Crippen LogP contribution in [-0.4, -0.2) is 46.9 Å². The second-order valence-corrected chi connectivity index (χ2v) is 7.63. The first-order valence-corrected chi connectivity index (χ1v) is 9.34. The number of aromatic nitrogens is 2. The van der Waals surface area contributed by atoms with Crippen molar-refractivity contribution < 1.29 is 9.53 Å². The first kappa shape index (κ1) is 17.2. The summed E-state index contributed by atoms with van der Waals surface area (Å²) < 4.78 is 7.01. The molecule has 1 aromatic carbocycles. The molecule has 1 aliphatic heterocycles. The lowest BCUT2D eigenvalue weighted by atomic mass is 9.76. The standard InChI is InChI=1S/C20H25N3O3/c1-22-18(24)15-8-4-3-7-14(15)17(21-22)19(25)23-12-6-11-20(13-23)10-5-9-16(20)26-2/h3-4,7-8,16H,5-6,9-13H2,1-2H3/t16-,20-/m1/s1. The number of methoxy groups -OCH3 is 1. The van der Waals surface area contributed by atoms with Gasteiger partial charge in [0.1, 0.15) is 0 Å². The zero-order chi connectivity index (χ0) is 18.3. The fraction of sp³-hybridized carbons (Fsp3) is 0.550. The van der Waals surface area contributed by atoms with Crippen LogP contribution in [-0.2, 0) is 11.8 Å². The SMILES string of the molecule is CO[C@@H]1CCC[C@]12CCCN(C(=O)c1nn(C)c(=O)c3ccccc13)C2. The maximum Gasteiger partial charge on any atom is 0.274 e. The topological polar surface area (TPSA) is 64.4 Å². The van der Waals surface area contributed by atoms with E-state index in [4.69, 9.17) is 4.74 Å². The Labute approximate surface area is 152 Å². The molecule has 1 spiro atoms. The van der Waals surface area contributed by atoms with E-state index < -0.39 is 0 Å². The summed E-state index contributed by atoms with van der Waals surface area (Å²) in [6.45, 7) is 1.44. The van der Waals surface area contributed by atoms with Gasteiger partial charge in [-0.2, -0.15) is 5.10 Å². The predicted molar refractivity (Wildman–Crippen MR) is 99.2 cm³/mol. The van der Waals surface area contributed by atoms with Gasteiger partial charge in [0.15, 0.2) is 5.69 Å². The van der Waals surface area contributed by atoms with Gasteiger partial charge in [0.05, 0.1) is 11.5 Å². The van der Waals surface area contributed by atoms with Crippen molar-refractivity contribution in [3.63, 3.8) is 0 Å². The van der Waals surface area contributed by atoms with Crippen LogP contribution in [0.4, 0.5) is 0 Å². The van der Waals surface area contributed by atoms with Crippen LogP contribution in [0.3, 0.4) is 0 Å². The third kappa shape index (κ3) is 2.63. The number of hydrogen-bond acceptors (Lipinski definition) is 4. The van der Waals surface area contributed by atoms with Crippen LogP contribution in [0.2, 0.25) is 0 Å². The van der Waals surface area contributed by atoms with Crippen molar-refractivity contribution in [2.45, 2.75) is 38.2 Å². The zero-order valence-electron chi connectivity index (χ0n) is 15.4. The summed E-state index contributed by atoms with van der Waals surface area (Å²) in [5, 5.41) is 5.48. The third-order valence-electron chi connectivity index (χ3n) is 6.16. The van der Waals surface area contributed by atoms with E-state index in [0.717, 1.165) is 38.6 Å². The molecule has 1 amide bonds. The van der Waals surface area contributed by atoms with Crippen LogP contribution in [0.1, 0.15) is 42.6 Å². The largest absolute Gasteiger partial charge is 0.381 e. The van der Waals surface area contributed by atoms with Crippen molar-refractivity contribution in [2.24, 2.45) is 12.5 Å². The van der Waals surface area contributed by atoms with Gasteiger partial charge < -0.3 is 9.64 Å². The van der Waals surface area contributed by atoms with Gasteiger partial charge in [-0.15, -0.1) is 0 Å². The number of likely N-dealkylation sites (tertiary alicyclic amines) is 1. The highest BCUT2D eigenvalue weighted by atomic mass is 16.5. The van der Waals surface area contributed by atoms with E-state index in [0.29, 0.717) is 23.0 Å². The molecule has 6 nitrogen and oxygen atoms in total. The monoisotopic (exact) mass is 355 g/mol. The van der Waals surface area contributed by atoms with Gasteiger partial charge in [-0.05, 0) is 31.7 Å². The molecule has 0 radical (unpaired) electrons. The number of aryl methyl sites for hydroxylation is 1. The van der Waals surface area contributed by atoms with Crippen molar-refractivity contribution in [1.82, 2.24) is 14.7 Å². The smallest absolute Gasteiger partial charge is 0.274 e. The van der Waals surface area contributed by atoms with Crippen LogP contribution >= 0.6 is 0 Å². The lowest BCUT2D eigenvalue weighted by molar-refractivity contribution is -0.0296. The first-order chi connectivity index (χ1) is 12.6. The van der Waals surface area contributed by atoms with Crippen LogP contribution in [0.15, 0.2) is 29.1 Å². The van der Waals surface area contributed by atoms with E-state index in [2.05, 4.69) is 5.10 Å². The second-order valence-electron chi connectivity index (χ2n) is 7.63. The normalized spacial score (nSPS) is 25.9. The molecule has 26 heavy (non-hydrogen) atoms. The summed E-state index contributed by atoms with van der Waals surface area (Å²) in [7, 11) is 3.38. The van der Waals surface area contributed by atoms with Gasteiger partial charge in [0.25, 0.3) is 11.5 Å². The van der Waals surface area contributed by atoms with E-state index in [-0.39, 0.29) is 23.0 Å². The van der Waals surface area contributed by atoms with E-state index >= 15 is 0 Å². The van der Waals surface area contributed by atoms with Crippen molar-refractivity contribution in [3.05, 3.63) is 40.3 Å². The molecule has 2 aromatic rings. The highest BCUT2D eigenvalue weighted by Gasteiger charge is 2.47. The Bertz CT molecular complexity index is 907. The minimum atomic E-state index is -0.178. The molecule has 2 aliphatic rings. The summed E-state index contributed by atoms with van der Waals surface area (Å²) in [4.78, 5) is 27.6. The number of carbonyl (C=O) groups excluding carboxylic acids is 1. The minimum absolute atomic E-state index is 0.0686. The molecular weight excluding hydrogens is 330 g/mol. The Balaban J connectivity index is 1.71. The molecule has 138 valence electrons. The Morgan fingerprint density at radius 1 is 1.23 bits per heavy atom. The molecule has 6 heteroatoms. The lowest BCUT2D eigenvalue weighted by Gasteiger charge is -2.43. The molecular formula is C20H25N3O3. The molecule has 4 rings (SSSR count). The van der Waals surface area contributed by atoms with Gasteiger partial charge in [0.2, 0.25) is 0 Å². The molecule has 1 aromatic heterocycles. The van der Waals surface area contributed by atoms with Crippen molar-refractivity contribution in [2.75, 3.05) is 20.2 Å². The Hall–Kier alpha value is -2.21. The van der Waals surface area contributed by atoms with Crippen LogP contribution in [0.25, 0.3) is 10.8 Å². The Morgan fingerprint density at radius 2 is 1.96 bits per heavy atom. The summed E-state index contributed by atoms with van der Waals surface area (Å²) >= 11 is 0. The summed E-state index contributed by atoms with van der Waals surface area (Å²) in [5.41, 5.74) is 0.258. The van der Waals surface area contributed by atoms with Gasteiger partial charge in [0, 0.05) is 38.0 Å². The van der Waals surface area contributed by atoms with Crippen molar-refractivity contribution in [3.8, 4) is 0 Å². The highest BCUT2D eigenvalue weighted by molar-refractivity contribution is 6.04. The van der Waals surface area contributed by atoms with Crippen molar-refractivity contribution >= 4 is 16.7 Å². The molecule has 1 saturated heterocycles. The average molecular weight is 355 g/mol. The molecule has 2 fully saturated rings. The van der Waals surface area contributed by atoms with Gasteiger partial charge in [-0.1, -0.05) is 24.6 Å². The van der Waals surface area contributed by atoms with E-state index in [1.54, 1.807) is 20.2 Å². The molecule has 2 atom stereocenters. The van der Waals surface area contributed by atoms with Crippen LogP contribution in [0, 0.1) is 5.41 Å². The fourth-order valence-electron chi connectivity index (χ4n) is 4.88. The number of carbonyl (C=O) groups is 1. The van der Waals surface area contributed by atoms with Crippen LogP contribution < -0.4 is 5.56 Å². The summed E-state index contributed by atoms with van der Waals surface area (Å²) in [6.07, 6.45) is 5.65. The maximum absolute atomic E-state index is 13.3. The number of rotatable bonds is 2. The number of amides is 1. The number of ether oxygens (including phenoxy) is 1. The predicted octanol–water partition coefficient (Wildman–Crippen LogP) is 2.35. The fourth-order valence-corrected chi connectivity index (χ4v) is 4.88. The van der Waals surface area contributed by atoms with Gasteiger partial charge in [-0.3, -0.25) is 9.59 Å². The number of fused-ring (bicyclic) bond motifs is 1. The van der Waals surface area contributed by atoms with E-state index in [1.165, 1.54) is 4.68 Å². The summed E-state index contributed by atoms with van der Waals surface area (Å²) in [5.74, 6) is -0.0855. The van der Waals surface area contributed by atoms with Crippen LogP contribution in [0.5, 0.6) is 0 Å². The first-order valence-electron chi connectivity index (χ1n) is 9.34. The zero-order valence-corrected chi connectivity index (χ0v) is 15.4. The number of piperidine rings is 1. The Morgan fingerprint density at radius 3 is 2.73 bits per heavy atom. The van der Waals surface area contributed by atoms with Gasteiger partial charge >= 0.3 is 0 Å². The van der Waals surface area contributed by atoms with E-state index in [9.17, 15) is 9.59 Å². The Kier molecular flexibility index (Phi) is 4.31. The lowest BCUT2D eigenvalue weighted by Crippen LogP contribution is -2.50. The molecule has 0 bridgehead atoms. The number of benzene rings is 1. The molecule has 2 heterocycles. The number of nitrogens with zero attached hydrogens (tertiary/aromatic N) is 3. The molecule has 0 unspecified atom stereocenters. The highest BCUT2D eigenvalue weighted by Crippen LogP contribution is 2.46. The van der Waals surface area contributed by atoms with E-state index in [1.807, 2.05) is 23.1 Å². The number of hydrogen-bond donors (Lipinski definition) is 0. The second kappa shape index (κ2) is 6.50. The maximum atomic E-state index is 13.3. The average Bonchev–Trinajstić information content (AvgIpc) is 3.05.